The molecule has 5 N–H and O–H groups in total. The van der Waals surface area contributed by atoms with E-state index < -0.39 is 78.4 Å². The fourth-order valence-electron chi connectivity index (χ4n) is 3.01. The Balaban J connectivity index is 2.91. The number of Topliss-reactive ketones (excluding diaryl/α,β-unsaturated/α-hetero) is 1. The van der Waals surface area contributed by atoms with E-state index in [-0.39, 0.29) is 13.0 Å². The summed E-state index contributed by atoms with van der Waals surface area (Å²) in [5.41, 5.74) is 0.693. The van der Waals surface area contributed by atoms with E-state index in [4.69, 9.17) is 26.6 Å². The fraction of sp³-hybridized carbons (Fsp3) is 0.478. The van der Waals surface area contributed by atoms with Crippen LogP contribution in [0.4, 0.5) is 4.79 Å². The van der Waals surface area contributed by atoms with Crippen LogP contribution in [0.25, 0.3) is 0 Å². The van der Waals surface area contributed by atoms with Crippen LogP contribution in [-0.4, -0.2) is 69.8 Å². The average Bonchev–Trinajstić information content (AvgIpc) is 2.82. The van der Waals surface area contributed by atoms with E-state index >= 15 is 0 Å². The number of benzene rings is 1. The molecule has 0 aliphatic heterocycles. The molecule has 1 rings (SSSR count). The van der Waals surface area contributed by atoms with E-state index in [0.717, 1.165) is 0 Å². The summed E-state index contributed by atoms with van der Waals surface area (Å²) in [6.07, 6.45) is -2.42. The molecule has 198 valence electrons. The van der Waals surface area contributed by atoms with Crippen molar-refractivity contribution in [1.29, 1.82) is 0 Å². The number of aliphatic carboxylic acids is 2. The molecule has 0 heterocycles. The minimum absolute atomic E-state index is 0.0868. The third kappa shape index (κ3) is 11.2. The summed E-state index contributed by atoms with van der Waals surface area (Å²) in [4.78, 5) is 71.9. The van der Waals surface area contributed by atoms with Crippen molar-refractivity contribution in [2.45, 2.75) is 57.8 Å². The van der Waals surface area contributed by atoms with Gasteiger partial charge >= 0.3 is 18.0 Å². The Morgan fingerprint density at radius 2 is 1.53 bits per heavy atom. The van der Waals surface area contributed by atoms with E-state index in [1.54, 1.807) is 44.2 Å². The van der Waals surface area contributed by atoms with Gasteiger partial charge in [-0.2, -0.15) is 0 Å². The van der Waals surface area contributed by atoms with E-state index in [2.05, 4.69) is 16.0 Å². The number of carbonyl (C=O) groups is 6. The van der Waals surface area contributed by atoms with E-state index in [0.29, 0.717) is 5.56 Å². The molecule has 0 radical (unpaired) electrons. The largest absolute Gasteiger partial charge is 0.481 e. The Morgan fingerprint density at radius 3 is 2.06 bits per heavy atom. The number of hydrogen-bond acceptors (Lipinski definition) is 7. The first-order valence-corrected chi connectivity index (χ1v) is 11.6. The van der Waals surface area contributed by atoms with Gasteiger partial charge in [-0.1, -0.05) is 44.2 Å². The van der Waals surface area contributed by atoms with Gasteiger partial charge < -0.3 is 30.9 Å². The summed E-state index contributed by atoms with van der Waals surface area (Å²) in [5.74, 6) is -6.01. The molecule has 0 aliphatic rings. The second-order valence-electron chi connectivity index (χ2n) is 8.18. The molecule has 1 aromatic carbocycles. The maximum absolute atomic E-state index is 12.9. The smallest absolute Gasteiger partial charge is 0.408 e. The molecule has 0 spiro atoms. The minimum atomic E-state index is -1.40. The average molecular weight is 528 g/mol. The van der Waals surface area contributed by atoms with Gasteiger partial charge in [0.1, 0.15) is 18.7 Å². The third-order valence-electron chi connectivity index (χ3n) is 4.93. The van der Waals surface area contributed by atoms with Crippen molar-refractivity contribution in [1.82, 2.24) is 16.0 Å². The van der Waals surface area contributed by atoms with Crippen molar-refractivity contribution in [2.75, 3.05) is 5.88 Å². The summed E-state index contributed by atoms with van der Waals surface area (Å²) < 4.78 is 5.08. The number of amides is 3. The summed E-state index contributed by atoms with van der Waals surface area (Å²) in [5, 5.41) is 25.0. The van der Waals surface area contributed by atoms with Crippen LogP contribution in [0.5, 0.6) is 0 Å². The summed E-state index contributed by atoms with van der Waals surface area (Å²) in [7, 11) is 0. The lowest BCUT2D eigenvalue weighted by atomic mass is 10.0. The van der Waals surface area contributed by atoms with Gasteiger partial charge in [0, 0.05) is 6.42 Å². The maximum Gasteiger partial charge on any atom is 0.408 e. The Kier molecular flexibility index (Phi) is 12.9. The van der Waals surface area contributed by atoms with E-state index in [9.17, 15) is 28.8 Å². The zero-order valence-corrected chi connectivity index (χ0v) is 20.6. The van der Waals surface area contributed by atoms with Crippen LogP contribution in [0, 0.1) is 5.92 Å². The highest BCUT2D eigenvalue weighted by Crippen LogP contribution is 2.08. The number of carbonyl (C=O) groups excluding carboxylic acids is 4. The fourth-order valence-corrected chi connectivity index (χ4v) is 3.19. The highest BCUT2D eigenvalue weighted by Gasteiger charge is 2.32. The number of carboxylic acid groups (broad SMARTS) is 2. The first kappa shape index (κ1) is 30.4. The molecule has 0 saturated carbocycles. The second kappa shape index (κ2) is 15.4. The first-order chi connectivity index (χ1) is 16.9. The number of ketones is 1. The Hall–Kier alpha value is -3.67. The zero-order chi connectivity index (χ0) is 27.3. The molecule has 3 unspecified atom stereocenters. The molecule has 0 bridgehead atoms. The van der Waals surface area contributed by atoms with Gasteiger partial charge in [-0.25, -0.2) is 4.79 Å². The number of rotatable bonds is 15. The molecule has 3 atom stereocenters. The van der Waals surface area contributed by atoms with Gasteiger partial charge in [-0.3, -0.25) is 24.0 Å². The van der Waals surface area contributed by atoms with Crippen molar-refractivity contribution in [3.8, 4) is 0 Å². The topological polar surface area (TPSA) is 188 Å². The van der Waals surface area contributed by atoms with Crippen LogP contribution in [0.1, 0.15) is 38.7 Å². The van der Waals surface area contributed by atoms with Crippen molar-refractivity contribution in [2.24, 2.45) is 5.92 Å². The molecular weight excluding hydrogens is 498 g/mol. The van der Waals surface area contributed by atoms with Gasteiger partial charge in [-0.05, 0) is 17.9 Å². The Morgan fingerprint density at radius 1 is 0.889 bits per heavy atom. The van der Waals surface area contributed by atoms with Gasteiger partial charge in [0.25, 0.3) is 0 Å². The first-order valence-electron chi connectivity index (χ1n) is 11.0. The highest BCUT2D eigenvalue weighted by molar-refractivity contribution is 6.28. The molecule has 0 aromatic heterocycles. The predicted molar refractivity (Wildman–Crippen MR) is 127 cm³/mol. The van der Waals surface area contributed by atoms with Crippen LogP contribution in [0.2, 0.25) is 0 Å². The SMILES string of the molecule is CC(C)C(NC(=O)C(CCC(=O)O)NC(=O)OCc1ccccc1)C(=O)NC(CC(=O)O)C(=O)CCl. The quantitative estimate of drug-likeness (QED) is 0.208. The minimum Gasteiger partial charge on any atom is -0.481 e. The maximum atomic E-state index is 12.9. The van der Waals surface area contributed by atoms with Gasteiger partial charge in [0.15, 0.2) is 5.78 Å². The Bertz CT molecular complexity index is 940. The standard InChI is InChI=1S/C23H30ClN3O9/c1-13(2)20(22(34)25-16(10-19(31)32)17(28)11-24)27-21(33)15(8-9-18(29)30)26-23(35)36-12-14-6-4-3-5-7-14/h3-7,13,15-16,20H,8-12H2,1-2H3,(H,25,34)(H,26,35)(H,27,33)(H,29,30)(H,31,32). The molecule has 0 fully saturated rings. The van der Waals surface area contributed by atoms with Crippen LogP contribution >= 0.6 is 11.6 Å². The molecule has 0 aliphatic carbocycles. The van der Waals surface area contributed by atoms with Crippen LogP contribution in [-0.2, 0) is 35.3 Å². The summed E-state index contributed by atoms with van der Waals surface area (Å²) in [6, 6.07) is 4.74. The predicted octanol–water partition coefficient (Wildman–Crippen LogP) is 1.05. The number of hydrogen-bond donors (Lipinski definition) is 5. The number of halogens is 1. The molecule has 1 aromatic rings. The van der Waals surface area contributed by atoms with Crippen LogP contribution in [0.3, 0.4) is 0 Å². The molecule has 36 heavy (non-hydrogen) atoms. The number of ether oxygens (including phenoxy) is 1. The Labute approximate surface area is 212 Å². The molecular formula is C23H30ClN3O9. The highest BCUT2D eigenvalue weighted by atomic mass is 35.5. The number of nitrogens with one attached hydrogen (secondary N) is 3. The lowest BCUT2D eigenvalue weighted by Crippen LogP contribution is -2.57. The molecule has 12 nitrogen and oxygen atoms in total. The van der Waals surface area contributed by atoms with Crippen LogP contribution in [0.15, 0.2) is 30.3 Å². The zero-order valence-electron chi connectivity index (χ0n) is 19.9. The van der Waals surface area contributed by atoms with E-state index in [1.165, 1.54) is 0 Å². The summed E-state index contributed by atoms with van der Waals surface area (Å²) in [6.45, 7) is 3.10. The van der Waals surface area contributed by atoms with Gasteiger partial charge in [-0.15, -0.1) is 11.6 Å². The second-order valence-corrected chi connectivity index (χ2v) is 8.45. The van der Waals surface area contributed by atoms with Crippen molar-refractivity contribution in [3.05, 3.63) is 35.9 Å². The third-order valence-corrected chi connectivity index (χ3v) is 5.19. The lowest BCUT2D eigenvalue weighted by Gasteiger charge is -2.26. The van der Waals surface area contributed by atoms with Crippen molar-refractivity contribution in [3.63, 3.8) is 0 Å². The monoisotopic (exact) mass is 527 g/mol. The number of alkyl halides is 1. The lowest BCUT2D eigenvalue weighted by molar-refractivity contribution is -0.141. The number of carboxylic acids is 2. The number of alkyl carbamates (subject to hydrolysis) is 1. The van der Waals surface area contributed by atoms with Gasteiger partial charge in [0.05, 0.1) is 18.3 Å². The molecule has 0 saturated heterocycles. The van der Waals surface area contributed by atoms with Gasteiger partial charge in [0.2, 0.25) is 11.8 Å². The van der Waals surface area contributed by atoms with Crippen molar-refractivity contribution < 1.29 is 43.7 Å². The van der Waals surface area contributed by atoms with E-state index in [1.807, 2.05) is 0 Å². The molecule has 3 amide bonds. The normalized spacial score (nSPS) is 13.1. The summed E-state index contributed by atoms with van der Waals surface area (Å²) >= 11 is 5.49. The molecule has 13 heteroatoms. The van der Waals surface area contributed by atoms with Crippen LogP contribution < -0.4 is 16.0 Å². The van der Waals surface area contributed by atoms with Crippen molar-refractivity contribution >= 4 is 47.2 Å².